The molecular formula is C15H19NO5. The van der Waals surface area contributed by atoms with Crippen LogP contribution in [0.15, 0.2) is 24.3 Å². The number of carbonyl (C=O) groups is 2. The summed E-state index contributed by atoms with van der Waals surface area (Å²) in [6, 6.07) is 6.35. The van der Waals surface area contributed by atoms with Crippen molar-refractivity contribution in [2.45, 2.75) is 18.4 Å². The number of nitrogens with one attached hydrogen (secondary N) is 1. The number of ether oxygens (including phenoxy) is 2. The third-order valence-electron chi connectivity index (χ3n) is 3.92. The first-order valence-corrected chi connectivity index (χ1v) is 6.74. The molecule has 0 aromatic heterocycles. The van der Waals surface area contributed by atoms with Crippen LogP contribution in [0.1, 0.15) is 17.9 Å². The number of phenolic OH excluding ortho intramolecular Hbond substituents is 1. The maximum Gasteiger partial charge on any atom is 0.323 e. The standard InChI is InChI=1S/C15H19NO5/c1-20-13(18)7-10-11(8-16-14(10)15(19)21-2)9-5-3-4-6-12(9)17/h3-6,10-11,14,16-17H,7-8H2,1-2H3/t10-,11+,14-/m0/s1. The summed E-state index contributed by atoms with van der Waals surface area (Å²) in [5, 5.41) is 13.1. The highest BCUT2D eigenvalue weighted by Gasteiger charge is 2.43. The molecule has 1 aromatic rings. The van der Waals surface area contributed by atoms with E-state index in [1.165, 1.54) is 14.2 Å². The molecule has 3 atom stereocenters. The summed E-state index contributed by atoms with van der Waals surface area (Å²) in [6.45, 7) is 0.485. The Morgan fingerprint density at radius 3 is 2.62 bits per heavy atom. The van der Waals surface area contributed by atoms with Crippen LogP contribution < -0.4 is 5.32 Å². The predicted octanol–water partition coefficient (Wildman–Crippen LogP) is 0.800. The fraction of sp³-hybridized carbons (Fsp3) is 0.467. The van der Waals surface area contributed by atoms with E-state index in [1.54, 1.807) is 18.2 Å². The minimum Gasteiger partial charge on any atom is -0.508 e. The van der Waals surface area contributed by atoms with Crippen molar-refractivity contribution in [3.05, 3.63) is 29.8 Å². The van der Waals surface area contributed by atoms with Crippen molar-refractivity contribution in [3.63, 3.8) is 0 Å². The molecule has 0 spiro atoms. The predicted molar refractivity (Wildman–Crippen MR) is 74.8 cm³/mol. The first-order valence-electron chi connectivity index (χ1n) is 6.74. The molecule has 0 saturated carbocycles. The van der Waals surface area contributed by atoms with Crippen LogP contribution in [0.3, 0.4) is 0 Å². The summed E-state index contributed by atoms with van der Waals surface area (Å²) >= 11 is 0. The maximum atomic E-state index is 11.9. The molecular weight excluding hydrogens is 274 g/mol. The van der Waals surface area contributed by atoms with Crippen LogP contribution in [0.4, 0.5) is 0 Å². The molecule has 0 radical (unpaired) electrons. The molecule has 0 aliphatic carbocycles. The molecule has 0 amide bonds. The van der Waals surface area contributed by atoms with E-state index in [1.807, 2.05) is 6.07 Å². The third kappa shape index (κ3) is 3.16. The number of methoxy groups -OCH3 is 2. The van der Waals surface area contributed by atoms with Gasteiger partial charge in [0.2, 0.25) is 0 Å². The second kappa shape index (κ2) is 6.58. The zero-order valence-corrected chi connectivity index (χ0v) is 12.0. The number of hydrogen-bond acceptors (Lipinski definition) is 6. The number of phenols is 1. The van der Waals surface area contributed by atoms with Gasteiger partial charge in [-0.15, -0.1) is 0 Å². The van der Waals surface area contributed by atoms with Gasteiger partial charge in [-0.1, -0.05) is 18.2 Å². The quantitative estimate of drug-likeness (QED) is 0.799. The smallest absolute Gasteiger partial charge is 0.323 e. The Bertz CT molecular complexity index is 531. The lowest BCUT2D eigenvalue weighted by Crippen LogP contribution is -2.37. The molecule has 0 bridgehead atoms. The number of rotatable bonds is 4. The highest BCUT2D eigenvalue weighted by atomic mass is 16.5. The van der Waals surface area contributed by atoms with E-state index < -0.39 is 18.0 Å². The van der Waals surface area contributed by atoms with Crippen LogP contribution in [0.5, 0.6) is 5.75 Å². The Hall–Kier alpha value is -2.08. The Labute approximate surface area is 123 Å². The van der Waals surface area contributed by atoms with Gasteiger partial charge in [0.15, 0.2) is 0 Å². The van der Waals surface area contributed by atoms with Crippen LogP contribution in [-0.2, 0) is 19.1 Å². The summed E-state index contributed by atoms with van der Waals surface area (Å²) in [5.41, 5.74) is 0.713. The molecule has 1 aliphatic heterocycles. The number of para-hydroxylation sites is 1. The second-order valence-corrected chi connectivity index (χ2v) is 5.02. The molecule has 2 N–H and O–H groups in total. The lowest BCUT2D eigenvalue weighted by molar-refractivity contribution is -0.145. The van der Waals surface area contributed by atoms with Crippen molar-refractivity contribution in [1.82, 2.24) is 5.32 Å². The van der Waals surface area contributed by atoms with Crippen LogP contribution in [0.2, 0.25) is 0 Å². The number of aromatic hydroxyl groups is 1. The average Bonchev–Trinajstić information content (AvgIpc) is 2.90. The Balaban J connectivity index is 2.29. The molecule has 0 unspecified atom stereocenters. The van der Waals surface area contributed by atoms with Gasteiger partial charge in [-0.05, 0) is 11.6 Å². The molecule has 1 heterocycles. The Kier molecular flexibility index (Phi) is 4.80. The zero-order valence-electron chi connectivity index (χ0n) is 12.0. The maximum absolute atomic E-state index is 11.9. The van der Waals surface area contributed by atoms with E-state index in [0.717, 1.165) is 0 Å². The summed E-state index contributed by atoms with van der Waals surface area (Å²) in [7, 11) is 2.62. The number of carbonyl (C=O) groups excluding carboxylic acids is 2. The van der Waals surface area contributed by atoms with E-state index in [2.05, 4.69) is 5.32 Å². The van der Waals surface area contributed by atoms with Gasteiger partial charge < -0.3 is 19.9 Å². The monoisotopic (exact) mass is 293 g/mol. The normalized spacial score (nSPS) is 24.6. The molecule has 6 heteroatoms. The van der Waals surface area contributed by atoms with E-state index in [-0.39, 0.29) is 24.0 Å². The van der Waals surface area contributed by atoms with Crippen LogP contribution in [0, 0.1) is 5.92 Å². The highest BCUT2D eigenvalue weighted by molar-refractivity contribution is 5.79. The van der Waals surface area contributed by atoms with Crippen molar-refractivity contribution < 1.29 is 24.2 Å². The molecule has 1 saturated heterocycles. The summed E-state index contributed by atoms with van der Waals surface area (Å²) in [4.78, 5) is 23.5. The first-order chi connectivity index (χ1) is 10.1. The fourth-order valence-electron chi connectivity index (χ4n) is 2.85. The largest absolute Gasteiger partial charge is 0.508 e. The van der Waals surface area contributed by atoms with Crippen molar-refractivity contribution >= 4 is 11.9 Å². The molecule has 1 aliphatic rings. The summed E-state index contributed by atoms with van der Waals surface area (Å²) in [5.74, 6) is -1.13. The third-order valence-corrected chi connectivity index (χ3v) is 3.92. The SMILES string of the molecule is COC(=O)C[C@@H]1[C@@H](C(=O)OC)NC[C@@H]1c1ccccc1O. The van der Waals surface area contributed by atoms with Crippen LogP contribution >= 0.6 is 0 Å². The van der Waals surface area contributed by atoms with Crippen molar-refractivity contribution in [2.24, 2.45) is 5.92 Å². The Morgan fingerprint density at radius 2 is 2.00 bits per heavy atom. The van der Waals surface area contributed by atoms with Gasteiger partial charge in [0, 0.05) is 18.4 Å². The minimum atomic E-state index is -0.585. The lowest BCUT2D eigenvalue weighted by Gasteiger charge is -2.22. The van der Waals surface area contributed by atoms with Crippen molar-refractivity contribution in [2.75, 3.05) is 20.8 Å². The Morgan fingerprint density at radius 1 is 1.29 bits per heavy atom. The number of esters is 2. The van der Waals surface area contributed by atoms with Crippen LogP contribution in [0.25, 0.3) is 0 Å². The molecule has 1 aromatic carbocycles. The van der Waals surface area contributed by atoms with Crippen LogP contribution in [-0.4, -0.2) is 43.9 Å². The van der Waals surface area contributed by atoms with E-state index in [9.17, 15) is 14.7 Å². The molecule has 2 rings (SSSR count). The summed E-state index contributed by atoms with van der Waals surface area (Å²) in [6.07, 6.45) is 0.0856. The van der Waals surface area contributed by atoms with E-state index in [0.29, 0.717) is 12.1 Å². The van der Waals surface area contributed by atoms with Gasteiger partial charge in [0.05, 0.1) is 20.6 Å². The average molecular weight is 293 g/mol. The van der Waals surface area contributed by atoms with Gasteiger partial charge in [0.25, 0.3) is 0 Å². The number of hydrogen-bond donors (Lipinski definition) is 2. The number of benzene rings is 1. The van der Waals surface area contributed by atoms with Gasteiger partial charge >= 0.3 is 11.9 Å². The van der Waals surface area contributed by atoms with Gasteiger partial charge in [0.1, 0.15) is 11.8 Å². The van der Waals surface area contributed by atoms with Crippen molar-refractivity contribution in [3.8, 4) is 5.75 Å². The minimum absolute atomic E-state index is 0.0856. The topological polar surface area (TPSA) is 84.9 Å². The van der Waals surface area contributed by atoms with Gasteiger partial charge in [-0.3, -0.25) is 9.59 Å². The van der Waals surface area contributed by atoms with Gasteiger partial charge in [-0.25, -0.2) is 0 Å². The van der Waals surface area contributed by atoms with E-state index in [4.69, 9.17) is 9.47 Å². The second-order valence-electron chi connectivity index (χ2n) is 5.02. The zero-order chi connectivity index (χ0) is 15.4. The highest BCUT2D eigenvalue weighted by Crippen LogP contribution is 2.38. The lowest BCUT2D eigenvalue weighted by atomic mass is 9.82. The van der Waals surface area contributed by atoms with E-state index >= 15 is 0 Å². The van der Waals surface area contributed by atoms with Gasteiger partial charge in [-0.2, -0.15) is 0 Å². The molecule has 114 valence electrons. The summed E-state index contributed by atoms with van der Waals surface area (Å²) < 4.78 is 9.48. The first kappa shape index (κ1) is 15.3. The molecule has 21 heavy (non-hydrogen) atoms. The molecule has 1 fully saturated rings. The van der Waals surface area contributed by atoms with Crippen molar-refractivity contribution in [1.29, 1.82) is 0 Å². The molecule has 6 nitrogen and oxygen atoms in total. The fourth-order valence-corrected chi connectivity index (χ4v) is 2.85.